The standard InChI is InChI=1S/C43H56N14O8.C4H10/c1-25(58)49-22-36(59)51-23-37(60)53-34(19-28-21-47-24-52-28)40(63)56-33(17-26-9-3-2-4-10-26)39(62)54-31(13-7-15-48-43(45)46)42(65)57-16-8-14-35(57)41(64)55-32(38(44)61)18-27-20-50-30-12-6-5-11-29(27)30;1-3-4-2/h2-6,9-12,20-21,24,31-35,50H,7-8,13-19,22-23H2,1H3,(H2,44,61)(H,47,52)(H,49,58)(H,51,59)(H,53,60)(H,54,62)(H,55,64)(H,56,63)(H4,45,46,48);3-4H2,1-2H3/t31-,32-,33?,34-,35-;/m0./s1. The lowest BCUT2D eigenvalue weighted by atomic mass is 10.0. The highest BCUT2D eigenvalue weighted by Gasteiger charge is 2.39. The first-order chi connectivity index (χ1) is 33.1. The van der Waals surface area contributed by atoms with Gasteiger partial charge in [0.2, 0.25) is 47.3 Å². The molecule has 69 heavy (non-hydrogen) atoms. The summed E-state index contributed by atoms with van der Waals surface area (Å²) in [5.74, 6) is -5.41. The number of nitrogens with zero attached hydrogens (tertiary/aromatic N) is 3. The molecule has 0 saturated carbocycles. The molecule has 1 saturated heterocycles. The topological polar surface area (TPSA) is 347 Å². The van der Waals surface area contributed by atoms with Gasteiger partial charge in [-0.15, -0.1) is 0 Å². The molecule has 5 atom stereocenters. The third kappa shape index (κ3) is 17.8. The minimum atomic E-state index is -1.30. The average molecular weight is 955 g/mol. The van der Waals surface area contributed by atoms with Gasteiger partial charge in [-0.05, 0) is 42.9 Å². The third-order valence-corrected chi connectivity index (χ3v) is 11.1. The molecule has 8 amide bonds. The van der Waals surface area contributed by atoms with E-state index in [0.717, 1.165) is 16.5 Å². The number of rotatable bonds is 24. The highest BCUT2D eigenvalue weighted by Crippen LogP contribution is 2.22. The molecule has 2 aromatic carbocycles. The fraction of sp³-hybridized carbons (Fsp3) is 0.447. The Balaban J connectivity index is 0.00000249. The fourth-order valence-corrected chi connectivity index (χ4v) is 7.40. The fourth-order valence-electron chi connectivity index (χ4n) is 7.40. The molecule has 5 rings (SSSR count). The number of hydrogen-bond donors (Lipinski definition) is 11. The number of likely N-dealkylation sites (tertiary alicyclic amines) is 1. The number of imidazole rings is 1. The van der Waals surface area contributed by atoms with Crippen LogP contribution in [0.5, 0.6) is 0 Å². The van der Waals surface area contributed by atoms with Gasteiger partial charge in [-0.2, -0.15) is 0 Å². The Hall–Kier alpha value is -7.78. The molecule has 372 valence electrons. The number of H-pyrrole nitrogens is 2. The number of carbonyl (C=O) groups excluding carboxylic acids is 8. The third-order valence-electron chi connectivity index (χ3n) is 11.1. The van der Waals surface area contributed by atoms with Crippen molar-refractivity contribution in [2.24, 2.45) is 22.2 Å². The summed E-state index contributed by atoms with van der Waals surface area (Å²) >= 11 is 0. The number of carbonyl (C=O) groups is 8. The first-order valence-corrected chi connectivity index (χ1v) is 23.0. The highest BCUT2D eigenvalue weighted by atomic mass is 16.2. The molecule has 3 heterocycles. The number of para-hydroxylation sites is 1. The summed E-state index contributed by atoms with van der Waals surface area (Å²) in [6, 6.07) is 10.4. The van der Waals surface area contributed by atoms with Crippen LogP contribution in [0.1, 0.15) is 76.1 Å². The van der Waals surface area contributed by atoms with E-state index in [-0.39, 0.29) is 64.1 Å². The van der Waals surface area contributed by atoms with Crippen molar-refractivity contribution in [1.82, 2.24) is 51.8 Å². The number of aromatic nitrogens is 3. The molecule has 22 heteroatoms. The lowest BCUT2D eigenvalue weighted by molar-refractivity contribution is -0.142. The lowest BCUT2D eigenvalue weighted by Crippen LogP contribution is -2.59. The quantitative estimate of drug-likeness (QED) is 0.0240. The largest absolute Gasteiger partial charge is 0.370 e. The summed E-state index contributed by atoms with van der Waals surface area (Å²) < 4.78 is 0. The Labute approximate surface area is 400 Å². The van der Waals surface area contributed by atoms with E-state index in [9.17, 15) is 38.4 Å². The van der Waals surface area contributed by atoms with Gasteiger partial charge in [0, 0.05) is 68.3 Å². The van der Waals surface area contributed by atoms with Gasteiger partial charge in [0.25, 0.3) is 0 Å². The summed E-state index contributed by atoms with van der Waals surface area (Å²) in [4.78, 5) is 121. The predicted molar refractivity (Wildman–Crippen MR) is 258 cm³/mol. The summed E-state index contributed by atoms with van der Waals surface area (Å²) in [5, 5.41) is 16.4. The summed E-state index contributed by atoms with van der Waals surface area (Å²) in [5.41, 5.74) is 19.6. The maximum Gasteiger partial charge on any atom is 0.245 e. The van der Waals surface area contributed by atoms with E-state index < -0.39 is 84.0 Å². The van der Waals surface area contributed by atoms with Crippen LogP contribution in [0.2, 0.25) is 0 Å². The van der Waals surface area contributed by atoms with Crippen LogP contribution in [-0.2, 0) is 57.6 Å². The van der Waals surface area contributed by atoms with Crippen LogP contribution in [0.15, 0.2) is 78.3 Å². The van der Waals surface area contributed by atoms with E-state index in [1.165, 1.54) is 37.2 Å². The number of hydrogen-bond acceptors (Lipinski definition) is 10. The molecule has 0 spiro atoms. The SMILES string of the molecule is CC(=O)NCC(=O)NCC(=O)N[C@@H](Cc1cnc[nH]1)C(=O)NC(Cc1ccccc1)C(=O)N[C@@H](CCCN=C(N)N)C(=O)N1CCC[C@H]1C(=O)N[C@@H](Cc1c[nH]c2ccccc12)C(N)=O.CCCC. The van der Waals surface area contributed by atoms with E-state index in [0.29, 0.717) is 17.7 Å². The molecule has 0 bridgehead atoms. The van der Waals surface area contributed by atoms with Crippen LogP contribution >= 0.6 is 0 Å². The zero-order valence-corrected chi connectivity index (χ0v) is 39.3. The smallest absolute Gasteiger partial charge is 0.245 e. The predicted octanol–water partition coefficient (Wildman–Crippen LogP) is -0.553. The molecular formula is C47H66N14O8. The lowest BCUT2D eigenvalue weighted by Gasteiger charge is -2.31. The number of unbranched alkanes of at least 4 members (excludes halogenated alkanes) is 1. The number of benzene rings is 2. The molecule has 1 fully saturated rings. The first-order valence-electron chi connectivity index (χ1n) is 23.0. The zero-order chi connectivity index (χ0) is 50.3. The number of aromatic amines is 2. The van der Waals surface area contributed by atoms with Crippen molar-refractivity contribution in [2.75, 3.05) is 26.2 Å². The molecule has 0 radical (unpaired) electrons. The number of amides is 8. The second-order valence-corrected chi connectivity index (χ2v) is 16.6. The number of nitrogens with one attached hydrogen (secondary N) is 8. The number of guanidine groups is 1. The second-order valence-electron chi connectivity index (χ2n) is 16.6. The number of fused-ring (bicyclic) bond motifs is 1. The van der Waals surface area contributed by atoms with Crippen molar-refractivity contribution >= 4 is 64.1 Å². The zero-order valence-electron chi connectivity index (χ0n) is 39.3. The molecule has 1 aliphatic heterocycles. The van der Waals surface area contributed by atoms with Crippen LogP contribution in [-0.4, -0.2) is 129 Å². The summed E-state index contributed by atoms with van der Waals surface area (Å²) in [7, 11) is 0. The van der Waals surface area contributed by atoms with Gasteiger partial charge in [-0.1, -0.05) is 75.2 Å². The Bertz CT molecular complexity index is 2370. The van der Waals surface area contributed by atoms with Gasteiger partial charge in [0.15, 0.2) is 5.96 Å². The summed E-state index contributed by atoms with van der Waals surface area (Å²) in [6.07, 6.45) is 8.23. The van der Waals surface area contributed by atoms with E-state index in [1.807, 2.05) is 24.3 Å². The van der Waals surface area contributed by atoms with Gasteiger partial charge in [-0.25, -0.2) is 4.98 Å². The maximum atomic E-state index is 14.5. The number of aliphatic imine (C=N–C) groups is 1. The number of nitrogens with two attached hydrogens (primary N) is 3. The Morgan fingerprint density at radius 3 is 2.09 bits per heavy atom. The van der Waals surface area contributed by atoms with E-state index >= 15 is 0 Å². The Morgan fingerprint density at radius 2 is 1.43 bits per heavy atom. The van der Waals surface area contributed by atoms with Crippen LogP contribution in [0.4, 0.5) is 0 Å². The molecular weight excluding hydrogens is 889 g/mol. The van der Waals surface area contributed by atoms with Gasteiger partial charge in [-0.3, -0.25) is 43.3 Å². The van der Waals surface area contributed by atoms with Gasteiger partial charge >= 0.3 is 0 Å². The minimum Gasteiger partial charge on any atom is -0.370 e. The molecule has 1 unspecified atom stereocenters. The Morgan fingerprint density at radius 1 is 0.768 bits per heavy atom. The van der Waals surface area contributed by atoms with E-state index in [1.54, 1.807) is 36.5 Å². The van der Waals surface area contributed by atoms with Gasteiger partial charge < -0.3 is 64.0 Å². The van der Waals surface area contributed by atoms with Crippen molar-refractivity contribution in [3.05, 3.63) is 90.1 Å². The molecule has 22 nitrogen and oxygen atoms in total. The van der Waals surface area contributed by atoms with Crippen molar-refractivity contribution < 1.29 is 38.4 Å². The average Bonchev–Trinajstić information content (AvgIpc) is 4.13. The van der Waals surface area contributed by atoms with Gasteiger partial charge in [0.05, 0.1) is 19.4 Å². The highest BCUT2D eigenvalue weighted by molar-refractivity contribution is 5.97. The van der Waals surface area contributed by atoms with E-state index in [2.05, 4.69) is 65.7 Å². The normalized spacial score (nSPS) is 14.7. The van der Waals surface area contributed by atoms with Crippen molar-refractivity contribution in [1.29, 1.82) is 0 Å². The Kier molecular flexibility index (Phi) is 21.7. The summed E-state index contributed by atoms with van der Waals surface area (Å²) in [6.45, 7) is 5.01. The maximum absolute atomic E-state index is 14.5. The van der Waals surface area contributed by atoms with E-state index in [4.69, 9.17) is 17.2 Å². The molecule has 0 aliphatic carbocycles. The molecule has 4 aromatic rings. The van der Waals surface area contributed by atoms with Crippen molar-refractivity contribution in [3.63, 3.8) is 0 Å². The van der Waals surface area contributed by atoms with Crippen molar-refractivity contribution in [2.45, 2.75) is 109 Å². The second kappa shape index (κ2) is 27.8. The van der Waals surface area contributed by atoms with Crippen LogP contribution in [0.25, 0.3) is 10.9 Å². The molecule has 2 aromatic heterocycles. The van der Waals surface area contributed by atoms with Crippen LogP contribution in [0, 0.1) is 0 Å². The van der Waals surface area contributed by atoms with Crippen LogP contribution in [0.3, 0.4) is 0 Å². The number of primary amides is 1. The minimum absolute atomic E-state index is 0.0308. The van der Waals surface area contributed by atoms with Crippen molar-refractivity contribution in [3.8, 4) is 0 Å². The molecule has 1 aliphatic rings. The monoisotopic (exact) mass is 955 g/mol. The first kappa shape index (κ1) is 53.8. The molecule has 14 N–H and O–H groups in total. The van der Waals surface area contributed by atoms with Crippen LogP contribution < -0.4 is 49.1 Å². The van der Waals surface area contributed by atoms with Gasteiger partial charge in [0.1, 0.15) is 30.2 Å².